The van der Waals surface area contributed by atoms with Crippen molar-refractivity contribution in [2.45, 2.75) is 354 Å². The Bertz CT molecular complexity index is 1430. The third-order valence-corrected chi connectivity index (χ3v) is 16.2. The highest BCUT2D eigenvalue weighted by Gasteiger charge is 2.26. The molecule has 0 aromatic rings. The normalized spacial score (nSPS) is 13.2. The molecule has 9 nitrogen and oxygen atoms in total. The minimum absolute atomic E-state index is 0.0558. The van der Waals surface area contributed by atoms with Crippen LogP contribution in [0.5, 0.6) is 0 Å². The zero-order valence-electron chi connectivity index (χ0n) is 52.1. The van der Waals surface area contributed by atoms with E-state index in [-0.39, 0.29) is 38.6 Å². The first-order valence-electron chi connectivity index (χ1n) is 34.1. The van der Waals surface area contributed by atoms with Gasteiger partial charge in [0.1, 0.15) is 6.61 Å². The van der Waals surface area contributed by atoms with Crippen molar-refractivity contribution in [3.05, 3.63) is 48.6 Å². The molecule has 464 valence electrons. The molecule has 3 N–H and O–H groups in total. The van der Waals surface area contributed by atoms with Gasteiger partial charge in [-0.1, -0.05) is 332 Å². The molecule has 0 aliphatic heterocycles. The molecular formula is C69H130NO8P. The van der Waals surface area contributed by atoms with Crippen molar-refractivity contribution in [3.8, 4) is 0 Å². The van der Waals surface area contributed by atoms with Crippen LogP contribution in [0.3, 0.4) is 0 Å². The van der Waals surface area contributed by atoms with Gasteiger partial charge in [-0.25, -0.2) is 4.57 Å². The molecule has 0 aliphatic carbocycles. The Kier molecular flexibility index (Phi) is 63.5. The van der Waals surface area contributed by atoms with Gasteiger partial charge in [-0.2, -0.15) is 0 Å². The topological polar surface area (TPSA) is 134 Å². The first-order valence-corrected chi connectivity index (χ1v) is 35.6. The van der Waals surface area contributed by atoms with Gasteiger partial charge < -0.3 is 20.1 Å². The van der Waals surface area contributed by atoms with Crippen molar-refractivity contribution in [2.24, 2.45) is 5.73 Å². The standard InChI is InChI=1S/C69H130NO8P/c1-3-5-7-9-11-13-15-17-19-21-23-25-27-29-30-31-32-33-34-35-36-38-40-42-44-46-48-50-52-54-56-58-60-62-69(72)78-67(66-77-79(73,74)76-64-63-70)65-75-68(71)61-59-57-55-53-51-49-47-45-43-41-39-37-28-26-24-22-20-18-16-14-12-10-8-6-4-2/h5,7,11,13,17,19,23,25,67H,3-4,6,8-10,12,14-16,18,20-22,24,26-66,70H2,1-2H3,(H,73,74)/b7-5-,13-11-,19-17-,25-23-. The van der Waals surface area contributed by atoms with E-state index in [0.29, 0.717) is 6.42 Å². The maximum atomic E-state index is 12.8. The predicted molar refractivity (Wildman–Crippen MR) is 340 cm³/mol. The number of unbranched alkanes of at least 4 members (excludes halogenated alkanes) is 44. The molecule has 0 saturated heterocycles. The Morgan fingerprint density at radius 2 is 0.696 bits per heavy atom. The summed E-state index contributed by atoms with van der Waals surface area (Å²) in [7, 11) is -4.39. The van der Waals surface area contributed by atoms with Gasteiger partial charge >= 0.3 is 19.8 Å². The van der Waals surface area contributed by atoms with Crippen LogP contribution in [-0.2, 0) is 32.7 Å². The average molecular weight is 1130 g/mol. The molecule has 0 aromatic carbocycles. The lowest BCUT2D eigenvalue weighted by Crippen LogP contribution is -2.29. The van der Waals surface area contributed by atoms with Crippen molar-refractivity contribution in [1.82, 2.24) is 0 Å². The van der Waals surface area contributed by atoms with E-state index in [2.05, 4.69) is 62.5 Å². The van der Waals surface area contributed by atoms with Crippen molar-refractivity contribution in [1.29, 1.82) is 0 Å². The molecule has 0 bridgehead atoms. The van der Waals surface area contributed by atoms with Crippen molar-refractivity contribution in [3.63, 3.8) is 0 Å². The van der Waals surface area contributed by atoms with Gasteiger partial charge in [0.15, 0.2) is 6.10 Å². The first-order chi connectivity index (χ1) is 38.8. The Balaban J connectivity index is 3.83. The van der Waals surface area contributed by atoms with E-state index >= 15 is 0 Å². The number of hydrogen-bond acceptors (Lipinski definition) is 8. The molecule has 0 spiro atoms. The number of phosphoric ester groups is 1. The summed E-state index contributed by atoms with van der Waals surface area (Å²) in [6.45, 7) is 3.70. The second kappa shape index (κ2) is 65.1. The van der Waals surface area contributed by atoms with E-state index in [9.17, 15) is 19.0 Å². The smallest absolute Gasteiger partial charge is 0.462 e. The van der Waals surface area contributed by atoms with Crippen LogP contribution >= 0.6 is 7.82 Å². The highest BCUT2D eigenvalue weighted by atomic mass is 31.2. The van der Waals surface area contributed by atoms with Crippen LogP contribution in [-0.4, -0.2) is 49.3 Å². The van der Waals surface area contributed by atoms with Gasteiger partial charge in [-0.05, 0) is 51.4 Å². The summed E-state index contributed by atoms with van der Waals surface area (Å²) < 4.78 is 33.2. The lowest BCUT2D eigenvalue weighted by atomic mass is 10.0. The molecule has 79 heavy (non-hydrogen) atoms. The fraction of sp³-hybridized carbons (Fsp3) is 0.855. The second-order valence-electron chi connectivity index (χ2n) is 23.0. The molecule has 0 heterocycles. The maximum absolute atomic E-state index is 12.8. The molecule has 0 amide bonds. The molecule has 2 atom stereocenters. The van der Waals surface area contributed by atoms with Crippen LogP contribution in [0.4, 0.5) is 0 Å². The van der Waals surface area contributed by atoms with Crippen molar-refractivity contribution < 1.29 is 37.6 Å². The van der Waals surface area contributed by atoms with Crippen LogP contribution < -0.4 is 5.73 Å². The Morgan fingerprint density at radius 1 is 0.392 bits per heavy atom. The molecule has 0 aromatic heterocycles. The molecule has 0 fully saturated rings. The van der Waals surface area contributed by atoms with Gasteiger partial charge in [0.2, 0.25) is 0 Å². The molecule has 0 saturated carbocycles. The van der Waals surface area contributed by atoms with E-state index in [1.165, 1.54) is 257 Å². The molecule has 0 aliphatic rings. The van der Waals surface area contributed by atoms with Gasteiger partial charge in [-0.15, -0.1) is 0 Å². The van der Waals surface area contributed by atoms with E-state index in [4.69, 9.17) is 24.3 Å². The highest BCUT2D eigenvalue weighted by molar-refractivity contribution is 7.47. The van der Waals surface area contributed by atoms with Crippen LogP contribution in [0.25, 0.3) is 0 Å². The quantitative estimate of drug-likeness (QED) is 0.0264. The van der Waals surface area contributed by atoms with E-state index < -0.39 is 26.5 Å². The number of carbonyl (C=O) groups is 2. The summed E-state index contributed by atoms with van der Waals surface area (Å²) in [6, 6.07) is 0. The van der Waals surface area contributed by atoms with Crippen molar-refractivity contribution in [2.75, 3.05) is 26.4 Å². The summed E-state index contributed by atoms with van der Waals surface area (Å²) in [4.78, 5) is 35.3. The molecule has 0 rings (SSSR count). The number of carbonyl (C=O) groups excluding carboxylic acids is 2. The lowest BCUT2D eigenvalue weighted by Gasteiger charge is -2.19. The van der Waals surface area contributed by atoms with Crippen LogP contribution in [0.1, 0.15) is 348 Å². The number of esters is 2. The van der Waals surface area contributed by atoms with Crippen molar-refractivity contribution >= 4 is 19.8 Å². The Morgan fingerprint density at radius 3 is 1.04 bits per heavy atom. The summed E-state index contributed by atoms with van der Waals surface area (Å²) in [5.41, 5.74) is 5.40. The van der Waals surface area contributed by atoms with E-state index in [0.717, 1.165) is 57.8 Å². The van der Waals surface area contributed by atoms with Gasteiger partial charge in [0, 0.05) is 19.4 Å². The fourth-order valence-electron chi connectivity index (χ4n) is 10.2. The fourth-order valence-corrected chi connectivity index (χ4v) is 11.0. The minimum atomic E-state index is -4.39. The molecule has 0 radical (unpaired) electrons. The number of phosphoric acid groups is 1. The zero-order chi connectivity index (χ0) is 57.3. The highest BCUT2D eigenvalue weighted by Crippen LogP contribution is 2.43. The SMILES string of the molecule is CC/C=C\C/C=C\C/C=C\C/C=C\CCCCCCCCCCCCCCCCCCCCCCC(=O)OC(COC(=O)CCCCCCCCCCCCCCCCCCCCCCCCCCC)COP(=O)(O)OCCN. The van der Waals surface area contributed by atoms with Crippen LogP contribution in [0, 0.1) is 0 Å². The minimum Gasteiger partial charge on any atom is -0.462 e. The number of ether oxygens (including phenoxy) is 2. The number of allylic oxidation sites excluding steroid dienone is 8. The summed E-state index contributed by atoms with van der Waals surface area (Å²) in [5.74, 6) is -0.805. The van der Waals surface area contributed by atoms with E-state index in [1.807, 2.05) is 0 Å². The Labute approximate surface area is 489 Å². The summed E-state index contributed by atoms with van der Waals surface area (Å²) in [5, 5.41) is 0. The monoisotopic (exact) mass is 1130 g/mol. The zero-order valence-corrected chi connectivity index (χ0v) is 53.0. The molecular weight excluding hydrogens is 1000 g/mol. The second-order valence-corrected chi connectivity index (χ2v) is 24.5. The summed E-state index contributed by atoms with van der Waals surface area (Å²) in [6.07, 6.45) is 82.1. The van der Waals surface area contributed by atoms with Gasteiger partial charge in [0.05, 0.1) is 13.2 Å². The molecule has 10 heteroatoms. The average Bonchev–Trinajstić information content (AvgIpc) is 3.44. The summed E-state index contributed by atoms with van der Waals surface area (Å²) >= 11 is 0. The van der Waals surface area contributed by atoms with E-state index in [1.54, 1.807) is 0 Å². The van der Waals surface area contributed by atoms with Gasteiger partial charge in [0.25, 0.3) is 0 Å². The largest absolute Gasteiger partial charge is 0.472 e. The first kappa shape index (κ1) is 77.0. The Hall–Kier alpha value is -2.03. The van der Waals surface area contributed by atoms with Crippen LogP contribution in [0.15, 0.2) is 48.6 Å². The van der Waals surface area contributed by atoms with Gasteiger partial charge in [-0.3, -0.25) is 18.6 Å². The molecule has 2 unspecified atom stereocenters. The van der Waals surface area contributed by atoms with Crippen LogP contribution in [0.2, 0.25) is 0 Å². The lowest BCUT2D eigenvalue weighted by molar-refractivity contribution is -0.161. The maximum Gasteiger partial charge on any atom is 0.472 e. The third kappa shape index (κ3) is 65.0. The predicted octanol–water partition coefficient (Wildman–Crippen LogP) is 22.1. The number of hydrogen-bond donors (Lipinski definition) is 2. The third-order valence-electron chi connectivity index (χ3n) is 15.2. The number of nitrogens with two attached hydrogens (primary N) is 1. The number of rotatable bonds is 65.